The summed E-state index contributed by atoms with van der Waals surface area (Å²) in [6.45, 7) is -0.657. The zero-order valence-electron chi connectivity index (χ0n) is 17.3. The number of nitrogens with one attached hydrogen (secondary N) is 1. The van der Waals surface area contributed by atoms with Crippen LogP contribution in [0.2, 0.25) is 10.0 Å². The van der Waals surface area contributed by atoms with Gasteiger partial charge in [-0.15, -0.1) is 0 Å². The van der Waals surface area contributed by atoms with Crippen molar-refractivity contribution in [2.24, 2.45) is 0 Å². The first-order chi connectivity index (χ1) is 16.3. The van der Waals surface area contributed by atoms with Crippen LogP contribution in [0, 0.1) is 5.82 Å². The maximum Gasteiger partial charge on any atom is 0.416 e. The van der Waals surface area contributed by atoms with E-state index in [1.165, 1.54) is 24.3 Å². The molecule has 3 rings (SSSR count). The van der Waals surface area contributed by atoms with Gasteiger partial charge in [0.1, 0.15) is 11.6 Å². The van der Waals surface area contributed by atoms with Gasteiger partial charge in [0.25, 0.3) is 5.91 Å². The maximum absolute atomic E-state index is 13.8. The molecule has 182 valence electrons. The Morgan fingerprint density at radius 2 is 1.66 bits per heavy atom. The number of carbonyl (C=O) groups is 3. The van der Waals surface area contributed by atoms with Crippen LogP contribution in [-0.4, -0.2) is 29.4 Å². The van der Waals surface area contributed by atoms with E-state index in [9.17, 15) is 31.9 Å². The number of hydrogen-bond acceptors (Lipinski definition) is 4. The molecular formula is C23H13Cl2F4NO5. The second-order valence-corrected chi connectivity index (χ2v) is 7.88. The third-order valence-corrected chi connectivity index (χ3v) is 5.07. The number of carbonyl (C=O) groups excluding carboxylic acids is 2. The highest BCUT2D eigenvalue weighted by Crippen LogP contribution is 2.32. The number of alkyl halides is 3. The van der Waals surface area contributed by atoms with E-state index in [1.807, 2.05) is 0 Å². The summed E-state index contributed by atoms with van der Waals surface area (Å²) in [4.78, 5) is 36.1. The van der Waals surface area contributed by atoms with Gasteiger partial charge in [-0.2, -0.15) is 13.2 Å². The van der Waals surface area contributed by atoms with Crippen molar-refractivity contribution in [1.82, 2.24) is 0 Å². The normalized spacial score (nSPS) is 11.1. The van der Waals surface area contributed by atoms with Gasteiger partial charge in [0, 0.05) is 10.6 Å². The summed E-state index contributed by atoms with van der Waals surface area (Å²) in [6, 6.07) is 8.65. The number of carboxylic acids is 1. The summed E-state index contributed by atoms with van der Waals surface area (Å²) in [6.07, 6.45) is -4.88. The number of amides is 1. The molecule has 12 heteroatoms. The molecule has 0 aliphatic heterocycles. The average molecular weight is 530 g/mol. The largest absolute Gasteiger partial charge is 0.483 e. The first-order valence-corrected chi connectivity index (χ1v) is 10.3. The number of aromatic carboxylic acids is 1. The molecule has 6 nitrogen and oxygen atoms in total. The lowest BCUT2D eigenvalue weighted by molar-refractivity contribution is -0.137. The van der Waals surface area contributed by atoms with Gasteiger partial charge in [0.15, 0.2) is 12.4 Å². The van der Waals surface area contributed by atoms with Crippen LogP contribution in [-0.2, 0) is 11.0 Å². The van der Waals surface area contributed by atoms with Crippen LogP contribution >= 0.6 is 23.2 Å². The smallest absolute Gasteiger partial charge is 0.416 e. The minimum Gasteiger partial charge on any atom is -0.483 e. The Kier molecular flexibility index (Phi) is 7.67. The fourth-order valence-electron chi connectivity index (χ4n) is 2.92. The summed E-state index contributed by atoms with van der Waals surface area (Å²) < 4.78 is 58.2. The Morgan fingerprint density at radius 3 is 2.29 bits per heavy atom. The monoisotopic (exact) mass is 529 g/mol. The molecule has 0 spiro atoms. The molecule has 3 aromatic carbocycles. The number of benzene rings is 3. The number of ketones is 1. The van der Waals surface area contributed by atoms with Crippen LogP contribution in [0.25, 0.3) is 0 Å². The minimum absolute atomic E-state index is 0.0444. The van der Waals surface area contributed by atoms with E-state index in [2.05, 4.69) is 5.32 Å². The predicted octanol–water partition coefficient (Wildman–Crippen LogP) is 6.10. The number of carboxylic acid groups (broad SMARTS) is 1. The van der Waals surface area contributed by atoms with E-state index < -0.39 is 47.4 Å². The molecule has 2 N–H and O–H groups in total. The van der Waals surface area contributed by atoms with Gasteiger partial charge in [-0.05, 0) is 54.6 Å². The Labute approximate surface area is 205 Å². The third-order valence-electron chi connectivity index (χ3n) is 4.52. The Bertz CT molecular complexity index is 1330. The molecule has 0 saturated heterocycles. The second-order valence-electron chi connectivity index (χ2n) is 7.03. The van der Waals surface area contributed by atoms with Crippen molar-refractivity contribution in [2.75, 3.05) is 11.9 Å². The van der Waals surface area contributed by atoms with E-state index in [0.717, 1.165) is 12.1 Å². The first kappa shape index (κ1) is 26.0. The van der Waals surface area contributed by atoms with Crippen LogP contribution < -0.4 is 10.1 Å². The second kappa shape index (κ2) is 10.3. The molecule has 0 aromatic heterocycles. The van der Waals surface area contributed by atoms with Crippen molar-refractivity contribution in [3.05, 3.63) is 92.7 Å². The van der Waals surface area contributed by atoms with Crippen LogP contribution in [0.1, 0.15) is 31.8 Å². The van der Waals surface area contributed by atoms with Gasteiger partial charge in [-0.25, -0.2) is 9.18 Å². The molecule has 3 aromatic rings. The zero-order valence-corrected chi connectivity index (χ0v) is 18.8. The lowest BCUT2D eigenvalue weighted by Crippen LogP contribution is -2.21. The quantitative estimate of drug-likeness (QED) is 0.285. The molecule has 0 unspecified atom stereocenters. The van der Waals surface area contributed by atoms with Crippen LogP contribution in [0.15, 0.2) is 54.6 Å². The summed E-state index contributed by atoms with van der Waals surface area (Å²) in [5, 5.41) is 11.3. The van der Waals surface area contributed by atoms with E-state index >= 15 is 0 Å². The van der Waals surface area contributed by atoms with Crippen LogP contribution in [0.5, 0.6) is 5.75 Å². The number of rotatable bonds is 7. The molecule has 1 amide bonds. The Balaban J connectivity index is 1.81. The molecule has 0 bridgehead atoms. The van der Waals surface area contributed by atoms with Crippen molar-refractivity contribution in [1.29, 1.82) is 0 Å². The van der Waals surface area contributed by atoms with Crippen molar-refractivity contribution in [3.8, 4) is 5.75 Å². The van der Waals surface area contributed by atoms with E-state index in [4.69, 9.17) is 33.0 Å². The lowest BCUT2D eigenvalue weighted by atomic mass is 10.00. The molecular weight excluding hydrogens is 517 g/mol. The fraction of sp³-hybridized carbons (Fsp3) is 0.0870. The summed E-state index contributed by atoms with van der Waals surface area (Å²) >= 11 is 11.9. The Morgan fingerprint density at radius 1 is 0.943 bits per heavy atom. The topological polar surface area (TPSA) is 92.7 Å². The highest BCUT2D eigenvalue weighted by atomic mass is 35.5. The maximum atomic E-state index is 13.8. The van der Waals surface area contributed by atoms with Crippen molar-refractivity contribution >= 4 is 46.5 Å². The molecule has 35 heavy (non-hydrogen) atoms. The lowest BCUT2D eigenvalue weighted by Gasteiger charge is -2.13. The van der Waals surface area contributed by atoms with Gasteiger partial charge in [-0.3, -0.25) is 9.59 Å². The molecule has 0 radical (unpaired) electrons. The molecule has 0 saturated carbocycles. The molecule has 0 fully saturated rings. The molecule has 0 aliphatic rings. The van der Waals surface area contributed by atoms with Gasteiger partial charge in [0.05, 0.1) is 27.4 Å². The highest BCUT2D eigenvalue weighted by Gasteiger charge is 2.32. The summed E-state index contributed by atoms with van der Waals surface area (Å²) in [5.41, 5.74) is -2.25. The molecule has 0 heterocycles. The van der Waals surface area contributed by atoms with Crippen molar-refractivity contribution < 1.29 is 41.8 Å². The summed E-state index contributed by atoms with van der Waals surface area (Å²) in [7, 11) is 0. The average Bonchev–Trinajstić information content (AvgIpc) is 2.78. The Hall–Kier alpha value is -3.63. The zero-order chi connectivity index (χ0) is 25.9. The van der Waals surface area contributed by atoms with Crippen molar-refractivity contribution in [3.63, 3.8) is 0 Å². The number of ether oxygens (including phenoxy) is 1. The highest BCUT2D eigenvalue weighted by molar-refractivity contribution is 6.34. The predicted molar refractivity (Wildman–Crippen MR) is 119 cm³/mol. The van der Waals surface area contributed by atoms with Crippen molar-refractivity contribution in [2.45, 2.75) is 6.18 Å². The van der Waals surface area contributed by atoms with Gasteiger partial charge >= 0.3 is 12.1 Å². The minimum atomic E-state index is -4.88. The van der Waals surface area contributed by atoms with Gasteiger partial charge in [-0.1, -0.05) is 23.2 Å². The third kappa shape index (κ3) is 6.49. The van der Waals surface area contributed by atoms with E-state index in [1.54, 1.807) is 0 Å². The van der Waals surface area contributed by atoms with Gasteiger partial charge in [0.2, 0.25) is 0 Å². The first-order valence-electron chi connectivity index (χ1n) is 9.52. The SMILES string of the molecule is O=C(COc1ccc(Cl)cc1C(=O)c1cc(F)cc(C(F)(F)F)c1)Nc1ccc(C(=O)O)cc1Cl. The van der Waals surface area contributed by atoms with E-state index in [-0.39, 0.29) is 38.7 Å². The van der Waals surface area contributed by atoms with Crippen LogP contribution in [0.4, 0.5) is 23.2 Å². The number of halogens is 6. The molecule has 0 atom stereocenters. The summed E-state index contributed by atoms with van der Waals surface area (Å²) in [5.74, 6) is -4.43. The fourth-order valence-corrected chi connectivity index (χ4v) is 3.32. The number of hydrogen-bond donors (Lipinski definition) is 2. The van der Waals surface area contributed by atoms with E-state index in [0.29, 0.717) is 12.1 Å². The van der Waals surface area contributed by atoms with Gasteiger partial charge < -0.3 is 15.2 Å². The standard InChI is InChI=1S/C23H13Cl2F4NO5/c24-14-2-4-19(35-10-20(31)30-18-3-1-11(22(33)34)7-17(18)25)16(9-14)21(32)12-5-13(23(27,28)29)8-15(26)6-12/h1-9H,10H2,(H,30,31)(H,33,34). The number of anilines is 1. The van der Waals surface area contributed by atoms with Crippen LogP contribution in [0.3, 0.4) is 0 Å². The molecule has 0 aliphatic carbocycles.